The average Bonchev–Trinajstić information content (AvgIpc) is 2.89. The lowest BCUT2D eigenvalue weighted by Crippen LogP contribution is -2.26. The summed E-state index contributed by atoms with van der Waals surface area (Å²) in [5, 5.41) is 3.93. The molecule has 6 nitrogen and oxygen atoms in total. The summed E-state index contributed by atoms with van der Waals surface area (Å²) in [5.41, 5.74) is 5.97. The summed E-state index contributed by atoms with van der Waals surface area (Å²) in [6, 6.07) is 2.00. The van der Waals surface area contributed by atoms with Crippen LogP contribution in [0.25, 0.3) is 11.6 Å². The van der Waals surface area contributed by atoms with Crippen molar-refractivity contribution in [1.29, 1.82) is 0 Å². The van der Waals surface area contributed by atoms with Crippen molar-refractivity contribution >= 4 is 0 Å². The summed E-state index contributed by atoms with van der Waals surface area (Å²) in [6.07, 6.45) is 7.50. The minimum absolute atomic E-state index is 0.243. The van der Waals surface area contributed by atoms with E-state index in [1.54, 1.807) is 18.5 Å². The summed E-state index contributed by atoms with van der Waals surface area (Å²) < 4.78 is 5.31. The summed E-state index contributed by atoms with van der Waals surface area (Å²) in [6.45, 7) is 0. The third-order valence-electron chi connectivity index (χ3n) is 3.27. The Kier molecular flexibility index (Phi) is 3.02. The van der Waals surface area contributed by atoms with Crippen LogP contribution in [0.2, 0.25) is 0 Å². The van der Waals surface area contributed by atoms with E-state index in [2.05, 4.69) is 20.1 Å². The lowest BCUT2D eigenvalue weighted by Gasteiger charge is -2.23. The lowest BCUT2D eigenvalue weighted by molar-refractivity contribution is 0.299. The minimum atomic E-state index is 0.243. The lowest BCUT2D eigenvalue weighted by atomic mass is 9.86. The highest BCUT2D eigenvalue weighted by molar-refractivity contribution is 5.40. The molecule has 3 rings (SSSR count). The van der Waals surface area contributed by atoms with Crippen LogP contribution in [0.15, 0.2) is 23.0 Å². The predicted octanol–water partition coefficient (Wildman–Crippen LogP) is 1.51. The first-order valence-electron chi connectivity index (χ1n) is 6.19. The second-order valence-corrected chi connectivity index (χ2v) is 4.65. The summed E-state index contributed by atoms with van der Waals surface area (Å²) in [4.78, 5) is 12.6. The molecule has 2 aromatic heterocycles. The third-order valence-corrected chi connectivity index (χ3v) is 3.27. The van der Waals surface area contributed by atoms with Gasteiger partial charge in [-0.2, -0.15) is 4.98 Å². The van der Waals surface area contributed by atoms with Gasteiger partial charge in [0.1, 0.15) is 0 Å². The van der Waals surface area contributed by atoms with Gasteiger partial charge >= 0.3 is 0 Å². The van der Waals surface area contributed by atoms with Crippen LogP contribution in [0.3, 0.4) is 0 Å². The van der Waals surface area contributed by atoms with Crippen molar-refractivity contribution in [1.82, 2.24) is 20.1 Å². The van der Waals surface area contributed by atoms with E-state index in [1.807, 2.05) is 0 Å². The van der Waals surface area contributed by atoms with E-state index in [-0.39, 0.29) is 12.0 Å². The molecule has 0 bridgehead atoms. The number of aromatic nitrogens is 4. The van der Waals surface area contributed by atoms with Crippen molar-refractivity contribution in [2.45, 2.75) is 37.6 Å². The Morgan fingerprint density at radius 1 is 1.17 bits per heavy atom. The van der Waals surface area contributed by atoms with E-state index in [9.17, 15) is 0 Å². The Morgan fingerprint density at radius 3 is 2.78 bits per heavy atom. The van der Waals surface area contributed by atoms with Crippen molar-refractivity contribution < 1.29 is 4.52 Å². The van der Waals surface area contributed by atoms with Crippen molar-refractivity contribution in [2.75, 3.05) is 0 Å². The molecule has 1 aliphatic rings. The molecule has 2 heterocycles. The van der Waals surface area contributed by atoms with Gasteiger partial charge in [-0.15, -0.1) is 0 Å². The maximum atomic E-state index is 5.97. The van der Waals surface area contributed by atoms with Crippen LogP contribution < -0.4 is 5.73 Å². The smallest absolute Gasteiger partial charge is 0.240 e. The zero-order valence-corrected chi connectivity index (χ0v) is 9.99. The van der Waals surface area contributed by atoms with E-state index in [0.717, 1.165) is 25.7 Å². The highest BCUT2D eigenvalue weighted by atomic mass is 16.5. The van der Waals surface area contributed by atoms with Gasteiger partial charge in [0, 0.05) is 24.4 Å². The third kappa shape index (κ3) is 2.24. The van der Waals surface area contributed by atoms with Crippen LogP contribution in [0.5, 0.6) is 0 Å². The van der Waals surface area contributed by atoms with Crippen LogP contribution in [0.4, 0.5) is 0 Å². The van der Waals surface area contributed by atoms with Crippen molar-refractivity contribution in [2.24, 2.45) is 5.73 Å². The van der Waals surface area contributed by atoms with Crippen LogP contribution in [0.1, 0.15) is 37.5 Å². The molecular weight excluding hydrogens is 230 g/mol. The molecule has 18 heavy (non-hydrogen) atoms. The average molecular weight is 245 g/mol. The molecule has 0 radical (unpaired) electrons. The molecular formula is C12H15N5O. The van der Waals surface area contributed by atoms with Gasteiger partial charge < -0.3 is 10.3 Å². The van der Waals surface area contributed by atoms with Crippen molar-refractivity contribution in [3.8, 4) is 11.6 Å². The Bertz CT molecular complexity index is 512. The zero-order valence-electron chi connectivity index (χ0n) is 9.99. The van der Waals surface area contributed by atoms with Gasteiger partial charge in [0.05, 0.1) is 0 Å². The summed E-state index contributed by atoms with van der Waals surface area (Å²) >= 11 is 0. The van der Waals surface area contributed by atoms with Crippen LogP contribution in [-0.2, 0) is 0 Å². The first-order valence-corrected chi connectivity index (χ1v) is 6.19. The van der Waals surface area contributed by atoms with Gasteiger partial charge in [0.2, 0.25) is 17.5 Å². The van der Waals surface area contributed by atoms with E-state index in [1.165, 1.54) is 0 Å². The molecule has 2 atom stereocenters. The number of rotatable bonds is 2. The fraction of sp³-hybridized carbons (Fsp3) is 0.500. The summed E-state index contributed by atoms with van der Waals surface area (Å²) in [5.74, 6) is 1.88. The fourth-order valence-corrected chi connectivity index (χ4v) is 2.36. The topological polar surface area (TPSA) is 90.7 Å². The SMILES string of the molecule is NC1CCCC(c2nc(-c3ncccn3)no2)C1. The van der Waals surface area contributed by atoms with E-state index in [0.29, 0.717) is 17.5 Å². The molecule has 2 unspecified atom stereocenters. The van der Waals surface area contributed by atoms with Gasteiger partial charge in [-0.25, -0.2) is 9.97 Å². The Balaban J connectivity index is 1.81. The Labute approximate surface area is 105 Å². The van der Waals surface area contributed by atoms with E-state index >= 15 is 0 Å². The molecule has 94 valence electrons. The van der Waals surface area contributed by atoms with E-state index < -0.39 is 0 Å². The molecule has 0 aliphatic heterocycles. The number of nitrogens with two attached hydrogens (primary N) is 1. The number of hydrogen-bond acceptors (Lipinski definition) is 6. The second-order valence-electron chi connectivity index (χ2n) is 4.65. The molecule has 0 spiro atoms. The second kappa shape index (κ2) is 4.81. The van der Waals surface area contributed by atoms with Gasteiger partial charge in [-0.3, -0.25) is 0 Å². The molecule has 0 aromatic carbocycles. The minimum Gasteiger partial charge on any atom is -0.339 e. The van der Waals surface area contributed by atoms with Crippen LogP contribution in [0, 0.1) is 0 Å². The van der Waals surface area contributed by atoms with Crippen LogP contribution in [-0.4, -0.2) is 26.2 Å². The predicted molar refractivity (Wildman–Crippen MR) is 64.5 cm³/mol. The molecule has 1 saturated carbocycles. The van der Waals surface area contributed by atoms with E-state index in [4.69, 9.17) is 10.3 Å². The van der Waals surface area contributed by atoms with Crippen molar-refractivity contribution in [3.05, 3.63) is 24.4 Å². The Hall–Kier alpha value is -1.82. The standard InChI is InChI=1S/C12H15N5O/c13-9-4-1-3-8(7-9)12-16-11(17-18-12)10-14-5-2-6-15-10/h2,5-6,8-9H,1,3-4,7,13H2. The quantitative estimate of drug-likeness (QED) is 0.862. The maximum Gasteiger partial charge on any atom is 0.240 e. The normalized spacial score (nSPS) is 24.1. The molecule has 1 aliphatic carbocycles. The summed E-state index contributed by atoms with van der Waals surface area (Å²) in [7, 11) is 0. The maximum absolute atomic E-state index is 5.97. The first-order chi connectivity index (χ1) is 8.83. The van der Waals surface area contributed by atoms with Gasteiger partial charge in [0.25, 0.3) is 0 Å². The molecule has 0 saturated heterocycles. The van der Waals surface area contributed by atoms with Crippen LogP contribution >= 0.6 is 0 Å². The molecule has 2 N–H and O–H groups in total. The van der Waals surface area contributed by atoms with Gasteiger partial charge in [-0.1, -0.05) is 11.6 Å². The number of hydrogen-bond donors (Lipinski definition) is 1. The number of nitrogens with zero attached hydrogens (tertiary/aromatic N) is 4. The molecule has 2 aromatic rings. The first kappa shape index (κ1) is 11.3. The van der Waals surface area contributed by atoms with Gasteiger partial charge in [-0.05, 0) is 25.3 Å². The molecule has 1 fully saturated rings. The largest absolute Gasteiger partial charge is 0.339 e. The molecule has 6 heteroatoms. The fourth-order valence-electron chi connectivity index (χ4n) is 2.36. The zero-order chi connectivity index (χ0) is 12.4. The highest BCUT2D eigenvalue weighted by Gasteiger charge is 2.26. The van der Waals surface area contributed by atoms with Gasteiger partial charge in [0.15, 0.2) is 0 Å². The molecule has 0 amide bonds. The highest BCUT2D eigenvalue weighted by Crippen LogP contribution is 2.31. The van der Waals surface area contributed by atoms with Crippen molar-refractivity contribution in [3.63, 3.8) is 0 Å². The Morgan fingerprint density at radius 2 is 2.00 bits per heavy atom. The monoisotopic (exact) mass is 245 g/mol.